The second-order valence-electron chi connectivity index (χ2n) is 6.14. The maximum Gasteiger partial charge on any atom is 0.117 e. The van der Waals surface area contributed by atoms with Crippen molar-refractivity contribution in [1.29, 1.82) is 0 Å². The lowest BCUT2D eigenvalue weighted by atomic mass is 9.79. The van der Waals surface area contributed by atoms with Crippen LogP contribution in [0.3, 0.4) is 0 Å². The van der Waals surface area contributed by atoms with E-state index in [-0.39, 0.29) is 5.54 Å². The Hall–Kier alpha value is -1.35. The Morgan fingerprint density at radius 2 is 2.10 bits per heavy atom. The molecule has 3 heteroatoms. The molecule has 1 aromatic rings. The zero-order valence-corrected chi connectivity index (χ0v) is 12.4. The van der Waals surface area contributed by atoms with Gasteiger partial charge in [-0.25, -0.2) is 0 Å². The van der Waals surface area contributed by atoms with Gasteiger partial charge in [0.1, 0.15) is 5.84 Å². The minimum Gasteiger partial charge on any atom is -0.368 e. The lowest BCUT2D eigenvalue weighted by molar-refractivity contribution is 0.298. The van der Waals surface area contributed by atoms with Gasteiger partial charge in [0.25, 0.3) is 0 Å². The molecule has 1 aliphatic carbocycles. The molecule has 0 saturated heterocycles. The van der Waals surface area contributed by atoms with Crippen LogP contribution in [0.2, 0.25) is 0 Å². The van der Waals surface area contributed by atoms with Crippen LogP contribution < -0.4 is 10.6 Å². The van der Waals surface area contributed by atoms with Gasteiger partial charge in [-0.1, -0.05) is 49.1 Å². The number of benzene rings is 1. The van der Waals surface area contributed by atoms with Crippen LogP contribution in [0.15, 0.2) is 29.3 Å². The highest BCUT2D eigenvalue weighted by molar-refractivity contribution is 5.92. The lowest BCUT2D eigenvalue weighted by Crippen LogP contribution is -2.60. The van der Waals surface area contributed by atoms with Gasteiger partial charge >= 0.3 is 0 Å². The minimum absolute atomic E-state index is 0.139. The molecular weight excluding hydrogens is 246 g/mol. The Balaban J connectivity index is 1.70. The molecule has 0 unspecified atom stereocenters. The molecule has 108 valence electrons. The standard InChI is InChI=1S/C17H25N3/c1-14-6-5-7-15(12-14)13-19-16-17(20-11-10-18-16)8-3-2-4-9-17/h5-7,12,20H,2-4,8-11,13H2,1H3,(H,18,19). The first-order chi connectivity index (χ1) is 9.78. The van der Waals surface area contributed by atoms with Gasteiger partial charge in [-0.05, 0) is 25.3 Å². The van der Waals surface area contributed by atoms with Crippen molar-refractivity contribution in [2.45, 2.75) is 51.1 Å². The summed E-state index contributed by atoms with van der Waals surface area (Å²) in [5.41, 5.74) is 2.80. The molecule has 2 aliphatic rings. The van der Waals surface area contributed by atoms with Gasteiger partial charge in [0.05, 0.1) is 12.1 Å². The van der Waals surface area contributed by atoms with Gasteiger partial charge in [0.15, 0.2) is 0 Å². The molecule has 3 nitrogen and oxygen atoms in total. The molecule has 1 aliphatic heterocycles. The van der Waals surface area contributed by atoms with Crippen LogP contribution >= 0.6 is 0 Å². The molecule has 1 aromatic carbocycles. The van der Waals surface area contributed by atoms with Crippen LogP contribution in [0.25, 0.3) is 0 Å². The molecule has 1 fully saturated rings. The largest absolute Gasteiger partial charge is 0.368 e. The van der Waals surface area contributed by atoms with Crippen LogP contribution in [0.5, 0.6) is 0 Å². The average molecular weight is 271 g/mol. The molecule has 0 atom stereocenters. The highest BCUT2D eigenvalue weighted by atomic mass is 15.1. The summed E-state index contributed by atoms with van der Waals surface area (Å²) in [6, 6.07) is 8.71. The van der Waals surface area contributed by atoms with Crippen molar-refractivity contribution in [3.63, 3.8) is 0 Å². The number of rotatable bonds is 2. The monoisotopic (exact) mass is 271 g/mol. The third-order valence-electron chi connectivity index (χ3n) is 4.55. The number of nitrogens with one attached hydrogen (secondary N) is 2. The second-order valence-corrected chi connectivity index (χ2v) is 6.14. The Morgan fingerprint density at radius 1 is 1.25 bits per heavy atom. The number of hydrogen-bond acceptors (Lipinski definition) is 3. The smallest absolute Gasteiger partial charge is 0.117 e. The van der Waals surface area contributed by atoms with E-state index in [1.807, 2.05) is 0 Å². The van der Waals surface area contributed by atoms with Crippen molar-refractivity contribution in [3.8, 4) is 0 Å². The third-order valence-corrected chi connectivity index (χ3v) is 4.55. The zero-order valence-electron chi connectivity index (χ0n) is 12.4. The topological polar surface area (TPSA) is 36.4 Å². The first kappa shape index (κ1) is 13.6. The summed E-state index contributed by atoms with van der Waals surface area (Å²) in [6.45, 7) is 4.95. The normalized spacial score (nSPS) is 21.6. The molecule has 20 heavy (non-hydrogen) atoms. The fraction of sp³-hybridized carbons (Fsp3) is 0.588. The van der Waals surface area contributed by atoms with Crippen molar-refractivity contribution in [2.24, 2.45) is 4.99 Å². The summed E-state index contributed by atoms with van der Waals surface area (Å²) in [4.78, 5) is 4.79. The van der Waals surface area contributed by atoms with E-state index >= 15 is 0 Å². The Labute approximate surface area is 121 Å². The van der Waals surface area contributed by atoms with E-state index in [4.69, 9.17) is 4.99 Å². The molecule has 1 spiro atoms. The summed E-state index contributed by atoms with van der Waals surface area (Å²) >= 11 is 0. The fourth-order valence-electron chi connectivity index (χ4n) is 3.50. The summed E-state index contributed by atoms with van der Waals surface area (Å²) in [5, 5.41) is 7.35. The highest BCUT2D eigenvalue weighted by Gasteiger charge is 2.38. The number of aryl methyl sites for hydroxylation is 1. The Morgan fingerprint density at radius 3 is 2.90 bits per heavy atom. The SMILES string of the molecule is Cc1cccc(CNC2=NCCNC23CCCCC3)c1. The third kappa shape index (κ3) is 2.88. The van der Waals surface area contributed by atoms with E-state index in [0.29, 0.717) is 0 Å². The van der Waals surface area contributed by atoms with Crippen molar-refractivity contribution >= 4 is 5.84 Å². The molecule has 0 aromatic heterocycles. The van der Waals surface area contributed by atoms with Crippen molar-refractivity contribution in [1.82, 2.24) is 10.6 Å². The lowest BCUT2D eigenvalue weighted by Gasteiger charge is -2.41. The maximum atomic E-state index is 4.79. The fourth-order valence-corrected chi connectivity index (χ4v) is 3.50. The van der Waals surface area contributed by atoms with Crippen LogP contribution in [0.1, 0.15) is 43.2 Å². The highest BCUT2D eigenvalue weighted by Crippen LogP contribution is 2.30. The Bertz CT molecular complexity index is 487. The van der Waals surface area contributed by atoms with E-state index in [2.05, 4.69) is 41.8 Å². The number of nitrogens with zero attached hydrogens (tertiary/aromatic N) is 1. The first-order valence-electron chi connectivity index (χ1n) is 7.88. The molecule has 0 bridgehead atoms. The quantitative estimate of drug-likeness (QED) is 0.868. The second kappa shape index (κ2) is 5.96. The Kier molecular flexibility index (Phi) is 4.06. The molecule has 0 amide bonds. The number of amidine groups is 1. The van der Waals surface area contributed by atoms with Gasteiger partial charge in [0, 0.05) is 13.1 Å². The minimum atomic E-state index is 0.139. The van der Waals surface area contributed by atoms with E-state index in [9.17, 15) is 0 Å². The molecule has 1 saturated carbocycles. The van der Waals surface area contributed by atoms with Crippen LogP contribution in [-0.4, -0.2) is 24.5 Å². The summed E-state index contributed by atoms with van der Waals surface area (Å²) in [5.74, 6) is 1.20. The van der Waals surface area contributed by atoms with E-state index in [0.717, 1.165) is 19.6 Å². The molecular formula is C17H25N3. The van der Waals surface area contributed by atoms with Crippen molar-refractivity contribution < 1.29 is 0 Å². The predicted octanol–water partition coefficient (Wildman–Crippen LogP) is 2.79. The van der Waals surface area contributed by atoms with Gasteiger partial charge in [-0.2, -0.15) is 0 Å². The average Bonchev–Trinajstić information content (AvgIpc) is 2.47. The molecule has 1 heterocycles. The summed E-state index contributed by atoms with van der Waals surface area (Å²) in [7, 11) is 0. The van der Waals surface area contributed by atoms with E-state index in [1.54, 1.807) is 0 Å². The van der Waals surface area contributed by atoms with Crippen molar-refractivity contribution in [2.75, 3.05) is 13.1 Å². The molecule has 2 N–H and O–H groups in total. The van der Waals surface area contributed by atoms with Crippen LogP contribution in [0.4, 0.5) is 0 Å². The predicted molar refractivity (Wildman–Crippen MR) is 84.1 cm³/mol. The van der Waals surface area contributed by atoms with E-state index < -0.39 is 0 Å². The van der Waals surface area contributed by atoms with Crippen molar-refractivity contribution in [3.05, 3.63) is 35.4 Å². The van der Waals surface area contributed by atoms with Gasteiger partial charge in [-0.3, -0.25) is 4.99 Å². The summed E-state index contributed by atoms with van der Waals surface area (Å²) in [6.07, 6.45) is 6.46. The van der Waals surface area contributed by atoms with Gasteiger partial charge in [0.2, 0.25) is 0 Å². The van der Waals surface area contributed by atoms with E-state index in [1.165, 1.54) is 49.1 Å². The first-order valence-corrected chi connectivity index (χ1v) is 7.88. The van der Waals surface area contributed by atoms with Crippen LogP contribution in [0, 0.1) is 6.92 Å². The number of hydrogen-bond donors (Lipinski definition) is 2. The summed E-state index contributed by atoms with van der Waals surface area (Å²) < 4.78 is 0. The zero-order chi connectivity index (χ0) is 13.8. The maximum absolute atomic E-state index is 4.79. The molecule has 0 radical (unpaired) electrons. The number of aliphatic imine (C=N–C) groups is 1. The van der Waals surface area contributed by atoms with Crippen LogP contribution in [-0.2, 0) is 6.54 Å². The molecule has 3 rings (SSSR count). The van der Waals surface area contributed by atoms with Gasteiger partial charge < -0.3 is 10.6 Å². The van der Waals surface area contributed by atoms with Gasteiger partial charge in [-0.15, -0.1) is 0 Å².